The molecule has 0 spiro atoms. The van der Waals surface area contributed by atoms with Crippen LogP contribution in [0.5, 0.6) is 0 Å². The highest BCUT2D eigenvalue weighted by molar-refractivity contribution is 7.47. The number of phosphoric ester groups is 1. The third-order valence-electron chi connectivity index (χ3n) is 6.98. The number of pyridine rings is 1. The predicted octanol–water partition coefficient (Wildman–Crippen LogP) is -2.71. The Morgan fingerprint density at radius 2 is 1.64 bits per heavy atom. The molecule has 24 heteroatoms. The second-order valence-corrected chi connectivity index (χ2v) is 11.3. The number of rotatable bonds is 8. The van der Waals surface area contributed by atoms with Gasteiger partial charge in [0.05, 0.1) is 31.6 Å². The Morgan fingerprint density at radius 1 is 1.00 bits per heavy atom. The Labute approximate surface area is 251 Å². The molecule has 0 amide bonds. The quantitative estimate of drug-likeness (QED) is 0.0857. The minimum absolute atomic E-state index is 0.0832. The van der Waals surface area contributed by atoms with Gasteiger partial charge in [-0.25, -0.2) is 24.1 Å². The summed E-state index contributed by atoms with van der Waals surface area (Å²) in [5.74, 6) is -0.251. The number of aromatic amines is 1. The number of aliphatic hydroxyl groups is 4. The molecule has 11 N–H and O–H groups in total. The van der Waals surface area contributed by atoms with Crippen molar-refractivity contribution in [2.75, 3.05) is 24.7 Å². The van der Waals surface area contributed by atoms with Gasteiger partial charge in [0.25, 0.3) is 5.56 Å². The van der Waals surface area contributed by atoms with Crippen LogP contribution in [0, 0.1) is 0 Å². The van der Waals surface area contributed by atoms with Crippen LogP contribution in [0.25, 0.3) is 22.3 Å². The number of hydrogen-bond acceptors (Lipinski definition) is 17. The molecule has 6 rings (SSSR count). The van der Waals surface area contributed by atoms with Gasteiger partial charge in [-0.2, -0.15) is 4.98 Å². The van der Waals surface area contributed by atoms with E-state index < -0.39 is 84.4 Å². The summed E-state index contributed by atoms with van der Waals surface area (Å²) in [6, 6.07) is 1.54. The number of nitrogen functional groups attached to an aromatic ring is 2. The molecular formula is C21H27N9O13P2. The van der Waals surface area contributed by atoms with E-state index in [1.54, 1.807) is 0 Å². The number of H-pyrrole nitrogens is 1. The van der Waals surface area contributed by atoms with Gasteiger partial charge in [-0.3, -0.25) is 28.0 Å². The minimum Gasteiger partial charge on any atom is -0.397 e. The summed E-state index contributed by atoms with van der Waals surface area (Å²) < 4.78 is 45.6. The van der Waals surface area contributed by atoms with Crippen LogP contribution in [0.3, 0.4) is 0 Å². The molecule has 2 aliphatic heterocycles. The maximum absolute atomic E-state index is 13.0. The number of nitrogens with one attached hydrogen (secondary N) is 1. The monoisotopic (exact) mass is 675 g/mol. The van der Waals surface area contributed by atoms with Crippen molar-refractivity contribution in [1.82, 2.24) is 34.1 Å². The van der Waals surface area contributed by atoms with Crippen LogP contribution in [0.15, 0.2) is 29.7 Å². The van der Waals surface area contributed by atoms with Crippen molar-refractivity contribution in [3.63, 3.8) is 0 Å². The average Bonchev–Trinajstić information content (AvgIpc) is 3.74. The number of fused-ring (bicyclic) bond motifs is 2. The molecule has 6 heterocycles. The Hall–Kier alpha value is -3.50. The fourth-order valence-electron chi connectivity index (χ4n) is 4.92. The van der Waals surface area contributed by atoms with E-state index in [9.17, 15) is 34.7 Å². The third-order valence-corrected chi connectivity index (χ3v) is 7.96. The number of aromatic nitrogens is 7. The standard InChI is InChI=1S/C21H26N9O11P.HO2P/c22-7-1-2-24-16-10(7)25-5-29(16)19-14(34)12(32)9(40-19)4-38-42(36,37)41-15-13(33)8(3-31)39-20(15)30-6-26-11-17(30)27-21(23)28-18(11)35;1-3-2/h1-2,5-6,8-9,12-15,19-20,31-34H,3-4H2,(H2,22,24)(H,36,37)(H3,23,27,28,35);(H,1,2)/t8-,9-,12-,13-,14-,15-,19-,20-;/m1./s1. The number of phosphoric acid groups is 1. The summed E-state index contributed by atoms with van der Waals surface area (Å²) in [7, 11) is -5.88. The first kappa shape index (κ1) is 32.9. The zero-order valence-corrected chi connectivity index (χ0v) is 24.4. The maximum Gasteiger partial charge on any atom is 0.472 e. The first-order valence-corrected chi connectivity index (χ1v) is 15.0. The van der Waals surface area contributed by atoms with Crippen molar-refractivity contribution < 1.29 is 57.9 Å². The number of hydrogen-bond donors (Lipinski definition) is 9. The summed E-state index contributed by atoms with van der Waals surface area (Å²) in [4.78, 5) is 48.2. The summed E-state index contributed by atoms with van der Waals surface area (Å²) in [5, 5.41) is 41.5. The average molecular weight is 675 g/mol. The highest BCUT2D eigenvalue weighted by Crippen LogP contribution is 2.50. The zero-order valence-electron chi connectivity index (χ0n) is 22.6. The van der Waals surface area contributed by atoms with Gasteiger partial charge in [0.2, 0.25) is 5.95 Å². The van der Waals surface area contributed by atoms with Gasteiger partial charge < -0.3 is 51.2 Å². The molecule has 0 saturated carbocycles. The van der Waals surface area contributed by atoms with Crippen LogP contribution >= 0.6 is 16.5 Å². The summed E-state index contributed by atoms with van der Waals surface area (Å²) >= 11 is 0. The van der Waals surface area contributed by atoms with Gasteiger partial charge in [-0.05, 0) is 6.07 Å². The van der Waals surface area contributed by atoms with Gasteiger partial charge in [0.1, 0.15) is 42.1 Å². The van der Waals surface area contributed by atoms with E-state index in [-0.39, 0.29) is 22.8 Å². The van der Waals surface area contributed by atoms with Crippen LogP contribution in [0.4, 0.5) is 11.6 Å². The molecule has 4 aromatic heterocycles. The van der Waals surface area contributed by atoms with Gasteiger partial charge in [-0.15, -0.1) is 0 Å². The summed E-state index contributed by atoms with van der Waals surface area (Å²) in [5.41, 5.74) is 11.6. The minimum atomic E-state index is -5.05. The lowest BCUT2D eigenvalue weighted by atomic mass is 10.1. The Kier molecular flexibility index (Phi) is 9.56. The van der Waals surface area contributed by atoms with Gasteiger partial charge >= 0.3 is 16.5 Å². The first-order valence-electron chi connectivity index (χ1n) is 12.8. The van der Waals surface area contributed by atoms with E-state index in [1.165, 1.54) is 23.2 Å². The number of anilines is 2. The molecule has 0 radical (unpaired) electrons. The molecule has 0 bridgehead atoms. The van der Waals surface area contributed by atoms with Crippen LogP contribution in [0.1, 0.15) is 12.5 Å². The SMILES string of the molecule is Nc1nc2c(ncn2[C@@H]2O[C@H](CO)[C@@H](O)[C@H]2OP(=O)(O)OC[C@H]2O[C@@H](n3cnc4c(N)ccnc43)[C@H](O)[C@@H]2O)c(=O)[nH]1.O=PO. The lowest BCUT2D eigenvalue weighted by molar-refractivity contribution is -0.0615. The number of ether oxygens (including phenoxy) is 2. The van der Waals surface area contributed by atoms with Crippen LogP contribution < -0.4 is 17.0 Å². The molecule has 2 saturated heterocycles. The predicted molar refractivity (Wildman–Crippen MR) is 148 cm³/mol. The largest absolute Gasteiger partial charge is 0.472 e. The highest BCUT2D eigenvalue weighted by Gasteiger charge is 2.50. The van der Waals surface area contributed by atoms with Gasteiger partial charge in [0, 0.05) is 6.20 Å². The molecule has 22 nitrogen and oxygen atoms in total. The van der Waals surface area contributed by atoms with Gasteiger partial charge in [0.15, 0.2) is 29.3 Å². The van der Waals surface area contributed by atoms with Crippen LogP contribution in [0.2, 0.25) is 0 Å². The van der Waals surface area contributed by atoms with Crippen molar-refractivity contribution >= 4 is 50.5 Å². The van der Waals surface area contributed by atoms with Crippen molar-refractivity contribution in [3.05, 3.63) is 35.3 Å². The molecule has 0 aliphatic carbocycles. The van der Waals surface area contributed by atoms with Crippen LogP contribution in [-0.2, 0) is 27.7 Å². The Balaban J connectivity index is 0.00000128. The lowest BCUT2D eigenvalue weighted by Crippen LogP contribution is -2.36. The van der Waals surface area contributed by atoms with E-state index >= 15 is 0 Å². The van der Waals surface area contributed by atoms with Crippen molar-refractivity contribution in [2.24, 2.45) is 0 Å². The van der Waals surface area contributed by atoms with E-state index in [0.29, 0.717) is 11.2 Å². The van der Waals surface area contributed by atoms with Crippen molar-refractivity contribution in [1.29, 1.82) is 0 Å². The topological polar surface area (TPSA) is 339 Å². The molecule has 1 unspecified atom stereocenters. The zero-order chi connectivity index (χ0) is 32.6. The molecule has 2 fully saturated rings. The second kappa shape index (κ2) is 13.1. The number of nitrogens with two attached hydrogens (primary N) is 2. The third kappa shape index (κ3) is 6.31. The Bertz CT molecular complexity index is 1790. The lowest BCUT2D eigenvalue weighted by Gasteiger charge is -2.24. The van der Waals surface area contributed by atoms with E-state index in [1.807, 2.05) is 0 Å². The number of imidazole rings is 2. The highest BCUT2D eigenvalue weighted by atomic mass is 31.2. The smallest absolute Gasteiger partial charge is 0.397 e. The van der Waals surface area contributed by atoms with E-state index in [4.69, 9.17) is 39.4 Å². The molecular weight excluding hydrogens is 648 g/mol. The van der Waals surface area contributed by atoms with Crippen molar-refractivity contribution in [2.45, 2.75) is 49.1 Å². The first-order chi connectivity index (χ1) is 21.4. The van der Waals surface area contributed by atoms with E-state index in [0.717, 1.165) is 10.9 Å². The molecule has 2 aliphatic rings. The summed E-state index contributed by atoms with van der Waals surface area (Å²) in [6.07, 6.45) is -7.66. The molecule has 45 heavy (non-hydrogen) atoms. The van der Waals surface area contributed by atoms with Crippen LogP contribution in [-0.4, -0.2) is 114 Å². The molecule has 244 valence electrons. The summed E-state index contributed by atoms with van der Waals surface area (Å²) in [6.45, 7) is -1.42. The number of aliphatic hydroxyl groups excluding tert-OH is 4. The fraction of sp³-hybridized carbons (Fsp3) is 0.476. The maximum atomic E-state index is 13.0. The normalized spacial score (nSPS) is 29.6. The second-order valence-electron chi connectivity index (χ2n) is 9.70. The fourth-order valence-corrected chi connectivity index (χ4v) is 5.86. The Morgan fingerprint density at radius 3 is 2.33 bits per heavy atom. The molecule has 9 atom stereocenters. The molecule has 4 aromatic rings. The van der Waals surface area contributed by atoms with Crippen molar-refractivity contribution in [3.8, 4) is 0 Å². The van der Waals surface area contributed by atoms with E-state index in [2.05, 4.69) is 24.9 Å². The van der Waals surface area contributed by atoms with Gasteiger partial charge in [-0.1, -0.05) is 0 Å². The molecule has 0 aromatic carbocycles. The number of nitrogens with zero attached hydrogens (tertiary/aromatic N) is 6.